The predicted octanol–water partition coefficient (Wildman–Crippen LogP) is 2.87. The number of benzene rings is 2. The molecule has 0 amide bonds. The first kappa shape index (κ1) is 14.1. The van der Waals surface area contributed by atoms with Gasteiger partial charge in [0.2, 0.25) is 0 Å². The van der Waals surface area contributed by atoms with Crippen molar-refractivity contribution in [3.63, 3.8) is 0 Å². The van der Waals surface area contributed by atoms with Crippen LogP contribution in [0.5, 0.6) is 5.75 Å². The van der Waals surface area contributed by atoms with Gasteiger partial charge in [0.1, 0.15) is 18.0 Å². The van der Waals surface area contributed by atoms with Gasteiger partial charge in [-0.3, -0.25) is 0 Å². The minimum Gasteiger partial charge on any atom is -0.496 e. The van der Waals surface area contributed by atoms with E-state index in [0.717, 1.165) is 35.1 Å². The minimum absolute atomic E-state index is 0.635. The van der Waals surface area contributed by atoms with Crippen molar-refractivity contribution in [1.82, 2.24) is 0 Å². The lowest BCUT2D eigenvalue weighted by molar-refractivity contribution is 0.0137. The molecule has 0 aromatic heterocycles. The maximum atomic E-state index is 10.7. The Labute approximate surface area is 124 Å². The van der Waals surface area contributed by atoms with E-state index in [4.69, 9.17) is 4.74 Å². The lowest BCUT2D eigenvalue weighted by atomic mass is 9.83. The number of fused-ring (bicyclic) bond motifs is 2. The lowest BCUT2D eigenvalue weighted by Crippen LogP contribution is -2.19. The Morgan fingerprint density at radius 2 is 1.48 bits per heavy atom. The third-order valence-electron chi connectivity index (χ3n) is 4.35. The molecule has 2 aromatic carbocycles. The SMILES string of the molecule is COc1cccc2c1[C@H](O)C(O)c1c(C)cccc1CC2. The van der Waals surface area contributed by atoms with Gasteiger partial charge in [0.05, 0.1) is 7.11 Å². The van der Waals surface area contributed by atoms with Crippen LogP contribution in [0.1, 0.15) is 40.0 Å². The third kappa shape index (κ3) is 2.33. The first-order chi connectivity index (χ1) is 10.1. The molecular weight excluding hydrogens is 264 g/mol. The van der Waals surface area contributed by atoms with E-state index in [-0.39, 0.29) is 0 Å². The summed E-state index contributed by atoms with van der Waals surface area (Å²) in [5.74, 6) is 0.635. The molecule has 2 atom stereocenters. The summed E-state index contributed by atoms with van der Waals surface area (Å²) in [6.07, 6.45) is -0.235. The molecule has 110 valence electrons. The van der Waals surface area contributed by atoms with E-state index in [1.54, 1.807) is 7.11 Å². The van der Waals surface area contributed by atoms with Gasteiger partial charge in [-0.25, -0.2) is 0 Å². The molecule has 0 aliphatic heterocycles. The molecule has 1 aliphatic carbocycles. The van der Waals surface area contributed by atoms with Crippen LogP contribution < -0.4 is 4.74 Å². The van der Waals surface area contributed by atoms with E-state index >= 15 is 0 Å². The van der Waals surface area contributed by atoms with Gasteiger partial charge in [0.15, 0.2) is 0 Å². The summed E-state index contributed by atoms with van der Waals surface area (Å²) >= 11 is 0. The maximum Gasteiger partial charge on any atom is 0.125 e. The summed E-state index contributed by atoms with van der Waals surface area (Å²) in [5, 5.41) is 21.4. The van der Waals surface area contributed by atoms with Gasteiger partial charge < -0.3 is 14.9 Å². The number of hydrogen-bond donors (Lipinski definition) is 2. The largest absolute Gasteiger partial charge is 0.496 e. The summed E-state index contributed by atoms with van der Waals surface area (Å²) in [6, 6.07) is 11.8. The van der Waals surface area contributed by atoms with E-state index in [2.05, 4.69) is 0 Å². The number of rotatable bonds is 1. The summed E-state index contributed by atoms with van der Waals surface area (Å²) in [6.45, 7) is 1.97. The molecule has 0 radical (unpaired) electrons. The summed E-state index contributed by atoms with van der Waals surface area (Å²) < 4.78 is 5.37. The highest BCUT2D eigenvalue weighted by molar-refractivity contribution is 5.47. The average molecular weight is 284 g/mol. The van der Waals surface area contributed by atoms with Gasteiger partial charge in [0.25, 0.3) is 0 Å². The van der Waals surface area contributed by atoms with Crippen LogP contribution in [0.4, 0.5) is 0 Å². The molecule has 0 heterocycles. The van der Waals surface area contributed by atoms with E-state index in [1.807, 2.05) is 43.3 Å². The van der Waals surface area contributed by atoms with Gasteiger partial charge >= 0.3 is 0 Å². The molecule has 1 unspecified atom stereocenters. The van der Waals surface area contributed by atoms with Crippen molar-refractivity contribution in [1.29, 1.82) is 0 Å². The molecule has 0 bridgehead atoms. The molecule has 3 nitrogen and oxygen atoms in total. The van der Waals surface area contributed by atoms with Crippen molar-refractivity contribution < 1.29 is 14.9 Å². The second-order valence-electron chi connectivity index (χ2n) is 5.57. The zero-order valence-electron chi connectivity index (χ0n) is 12.3. The number of ether oxygens (including phenoxy) is 1. The summed E-state index contributed by atoms with van der Waals surface area (Å²) in [7, 11) is 1.59. The van der Waals surface area contributed by atoms with E-state index in [1.165, 1.54) is 0 Å². The average Bonchev–Trinajstić information content (AvgIpc) is 2.50. The molecule has 21 heavy (non-hydrogen) atoms. The molecule has 3 heteroatoms. The van der Waals surface area contributed by atoms with Gasteiger partial charge in [-0.05, 0) is 48.1 Å². The molecule has 1 aliphatic rings. The highest BCUT2D eigenvalue weighted by Crippen LogP contribution is 2.40. The quantitative estimate of drug-likeness (QED) is 0.846. The number of methoxy groups -OCH3 is 1. The monoisotopic (exact) mass is 284 g/mol. The van der Waals surface area contributed by atoms with Crippen LogP contribution in [0.15, 0.2) is 36.4 Å². The zero-order valence-corrected chi connectivity index (χ0v) is 12.3. The van der Waals surface area contributed by atoms with Crippen molar-refractivity contribution in [2.75, 3.05) is 7.11 Å². The Kier molecular flexibility index (Phi) is 3.70. The molecule has 3 rings (SSSR count). The van der Waals surface area contributed by atoms with Crippen LogP contribution in [0.25, 0.3) is 0 Å². The molecule has 0 fully saturated rings. The highest BCUT2D eigenvalue weighted by Gasteiger charge is 2.30. The summed E-state index contributed by atoms with van der Waals surface area (Å²) in [5.41, 5.74) is 4.71. The Morgan fingerprint density at radius 3 is 2.14 bits per heavy atom. The van der Waals surface area contributed by atoms with Crippen molar-refractivity contribution >= 4 is 0 Å². The van der Waals surface area contributed by atoms with Gasteiger partial charge in [-0.15, -0.1) is 0 Å². The van der Waals surface area contributed by atoms with Crippen molar-refractivity contribution in [2.24, 2.45) is 0 Å². The standard InChI is InChI=1S/C18H20O3/c1-11-5-3-6-12-9-10-13-7-4-8-14(21-2)16(13)18(20)17(19)15(11)12/h3-8,17-20H,9-10H2,1-2H3/t17?,18-/m0/s1. The lowest BCUT2D eigenvalue weighted by Gasteiger charge is -2.28. The highest BCUT2D eigenvalue weighted by atomic mass is 16.5. The Hall–Kier alpha value is -1.84. The first-order valence-corrected chi connectivity index (χ1v) is 7.23. The summed E-state index contributed by atoms with van der Waals surface area (Å²) in [4.78, 5) is 0. The van der Waals surface area contributed by atoms with Crippen molar-refractivity contribution in [3.8, 4) is 5.75 Å². The second kappa shape index (κ2) is 5.51. The van der Waals surface area contributed by atoms with Crippen LogP contribution in [0.2, 0.25) is 0 Å². The van der Waals surface area contributed by atoms with Gasteiger partial charge in [-0.2, -0.15) is 0 Å². The third-order valence-corrected chi connectivity index (χ3v) is 4.35. The van der Waals surface area contributed by atoms with Gasteiger partial charge in [-0.1, -0.05) is 30.3 Å². The number of hydrogen-bond acceptors (Lipinski definition) is 3. The first-order valence-electron chi connectivity index (χ1n) is 7.23. The maximum absolute atomic E-state index is 10.7. The fraction of sp³-hybridized carbons (Fsp3) is 0.333. The Morgan fingerprint density at radius 1 is 0.905 bits per heavy atom. The number of aryl methyl sites for hydroxylation is 3. The smallest absolute Gasteiger partial charge is 0.125 e. The molecule has 2 aromatic rings. The van der Waals surface area contributed by atoms with Crippen LogP contribution in [0.3, 0.4) is 0 Å². The normalized spacial score (nSPS) is 21.0. The van der Waals surface area contributed by atoms with E-state index in [0.29, 0.717) is 11.3 Å². The topological polar surface area (TPSA) is 49.7 Å². The Bertz CT molecular complexity index is 664. The zero-order chi connectivity index (χ0) is 15.0. The Balaban J connectivity index is 2.16. The number of aliphatic hydroxyl groups excluding tert-OH is 2. The number of aliphatic hydroxyl groups is 2. The van der Waals surface area contributed by atoms with E-state index < -0.39 is 12.2 Å². The molecule has 0 saturated heterocycles. The van der Waals surface area contributed by atoms with Crippen LogP contribution >= 0.6 is 0 Å². The molecule has 2 N–H and O–H groups in total. The fourth-order valence-corrected chi connectivity index (χ4v) is 3.29. The van der Waals surface area contributed by atoms with Crippen LogP contribution in [-0.4, -0.2) is 17.3 Å². The second-order valence-corrected chi connectivity index (χ2v) is 5.57. The minimum atomic E-state index is -0.976. The van der Waals surface area contributed by atoms with Gasteiger partial charge in [0, 0.05) is 5.56 Å². The van der Waals surface area contributed by atoms with Crippen molar-refractivity contribution in [3.05, 3.63) is 64.2 Å². The molecular formula is C18H20O3. The molecule has 0 spiro atoms. The molecule has 0 saturated carbocycles. The van der Waals surface area contributed by atoms with Crippen LogP contribution in [-0.2, 0) is 12.8 Å². The van der Waals surface area contributed by atoms with Crippen LogP contribution in [0, 0.1) is 6.92 Å². The predicted molar refractivity (Wildman–Crippen MR) is 81.5 cm³/mol. The van der Waals surface area contributed by atoms with Crippen molar-refractivity contribution in [2.45, 2.75) is 32.0 Å². The van der Waals surface area contributed by atoms with E-state index in [9.17, 15) is 10.2 Å². The fourth-order valence-electron chi connectivity index (χ4n) is 3.29.